The van der Waals surface area contributed by atoms with E-state index in [0.717, 1.165) is 59.2 Å². The molecule has 10 aliphatic carbocycles. The molecule has 0 nitrogen and oxygen atoms in total. The van der Waals surface area contributed by atoms with E-state index in [1.54, 1.807) is 12.8 Å². The van der Waals surface area contributed by atoms with Gasteiger partial charge in [-0.2, -0.15) is 0 Å². The molecule has 0 N–H and O–H groups in total. The van der Waals surface area contributed by atoms with Crippen LogP contribution in [0.3, 0.4) is 0 Å². The quantitative estimate of drug-likeness (QED) is 0.342. The van der Waals surface area contributed by atoms with Crippen molar-refractivity contribution >= 4 is 31.9 Å². The lowest BCUT2D eigenvalue weighted by atomic mass is 9.41. The third-order valence-electron chi connectivity index (χ3n) is 11.1. The van der Waals surface area contributed by atoms with Gasteiger partial charge in [0.15, 0.2) is 0 Å². The Hall–Kier alpha value is 0.440. The topological polar surface area (TPSA) is 0 Å². The van der Waals surface area contributed by atoms with Crippen LogP contribution in [-0.2, 0) is 0 Å². The Morgan fingerprint density at radius 2 is 1.00 bits per heavy atom. The summed E-state index contributed by atoms with van der Waals surface area (Å²) in [6.45, 7) is 0. The maximum atomic E-state index is 4.50. The minimum Gasteiger partial charge on any atom is -0.0801 e. The predicted molar refractivity (Wildman–Crippen MR) is 100.0 cm³/mol. The lowest BCUT2D eigenvalue weighted by molar-refractivity contribution is -0.0275. The van der Waals surface area contributed by atoms with Gasteiger partial charge in [0.05, 0.1) is 8.65 Å². The SMILES string of the molecule is Br[C@]12C[C@@H]3C4=C5[C@@H]6CC[C@H]4[C@H]4[C@@H]6[C@@H]6CC[C@H]4C1=C6[C@H]1C[C@]5(Br)[C@H]3[C@H]12. The van der Waals surface area contributed by atoms with Crippen LogP contribution in [0, 0.1) is 59.2 Å². The maximum Gasteiger partial charge on any atom is 0.0514 e. The monoisotopic (exact) mass is 444 g/mol. The molecule has 0 aromatic rings. The van der Waals surface area contributed by atoms with Gasteiger partial charge in [-0.3, -0.25) is 0 Å². The second kappa shape index (κ2) is 3.23. The van der Waals surface area contributed by atoms with Gasteiger partial charge in [0.1, 0.15) is 0 Å². The Morgan fingerprint density at radius 1 is 0.583 bits per heavy atom. The molecule has 2 heteroatoms. The van der Waals surface area contributed by atoms with E-state index in [0.29, 0.717) is 8.65 Å². The van der Waals surface area contributed by atoms with Gasteiger partial charge in [-0.1, -0.05) is 43.0 Å². The summed E-state index contributed by atoms with van der Waals surface area (Å²) >= 11 is 9.00. The Balaban J connectivity index is 1.54. The zero-order valence-corrected chi connectivity index (χ0v) is 16.9. The van der Waals surface area contributed by atoms with E-state index < -0.39 is 0 Å². The van der Waals surface area contributed by atoms with Gasteiger partial charge in [-0.25, -0.2) is 0 Å². The van der Waals surface area contributed by atoms with E-state index in [9.17, 15) is 0 Å². The molecule has 0 heterocycles. The van der Waals surface area contributed by atoms with Crippen LogP contribution in [0.25, 0.3) is 0 Å². The van der Waals surface area contributed by atoms with Crippen LogP contribution in [0.1, 0.15) is 38.5 Å². The summed E-state index contributed by atoms with van der Waals surface area (Å²) in [5, 5.41) is 0. The zero-order valence-electron chi connectivity index (χ0n) is 13.8. The fraction of sp³-hybridized carbons (Fsp3) is 0.818. The van der Waals surface area contributed by atoms with Crippen LogP contribution in [0.4, 0.5) is 0 Å². The Kier molecular flexibility index (Phi) is 1.72. The highest BCUT2D eigenvalue weighted by molar-refractivity contribution is 9.10. The van der Waals surface area contributed by atoms with E-state index in [-0.39, 0.29) is 0 Å². The fourth-order valence-corrected chi connectivity index (χ4v) is 14.4. The summed E-state index contributed by atoms with van der Waals surface area (Å²) in [7, 11) is 0. The molecule has 0 unspecified atom stereocenters. The molecular weight excluding hydrogens is 424 g/mol. The van der Waals surface area contributed by atoms with Crippen molar-refractivity contribution in [3.63, 3.8) is 0 Å². The van der Waals surface area contributed by atoms with Crippen LogP contribution in [0.2, 0.25) is 0 Å². The molecule has 0 aromatic carbocycles. The molecule has 10 rings (SSSR count). The lowest BCUT2D eigenvalue weighted by Gasteiger charge is -2.65. The van der Waals surface area contributed by atoms with Crippen molar-refractivity contribution in [3.8, 4) is 0 Å². The fourth-order valence-electron chi connectivity index (χ4n) is 11.5. The largest absolute Gasteiger partial charge is 0.0801 e. The van der Waals surface area contributed by atoms with E-state index in [2.05, 4.69) is 43.0 Å². The first-order valence-corrected chi connectivity index (χ1v) is 12.1. The van der Waals surface area contributed by atoms with Gasteiger partial charge < -0.3 is 0 Å². The molecule has 24 heavy (non-hydrogen) atoms. The second-order valence-electron chi connectivity index (χ2n) is 10.9. The summed E-state index contributed by atoms with van der Waals surface area (Å²) in [5.41, 5.74) is 8.20. The van der Waals surface area contributed by atoms with Gasteiger partial charge in [0, 0.05) is 0 Å². The third-order valence-corrected chi connectivity index (χ3v) is 13.6. The number of rotatable bonds is 0. The summed E-state index contributed by atoms with van der Waals surface area (Å²) in [5.74, 6) is 9.84. The number of alkyl halides is 2. The van der Waals surface area contributed by atoms with E-state index in [4.69, 9.17) is 0 Å². The molecule has 0 radical (unpaired) electrons. The molecule has 12 atom stereocenters. The van der Waals surface area contributed by atoms with Crippen molar-refractivity contribution in [2.75, 3.05) is 0 Å². The normalized spacial score (nSPS) is 73.2. The predicted octanol–water partition coefficient (Wildman–Crippen LogP) is 5.47. The van der Waals surface area contributed by atoms with Gasteiger partial charge in [0.25, 0.3) is 0 Å². The smallest absolute Gasteiger partial charge is 0.0514 e. The highest BCUT2D eigenvalue weighted by atomic mass is 79.9. The van der Waals surface area contributed by atoms with E-state index in [1.807, 2.05) is 11.1 Å². The summed E-state index contributed by atoms with van der Waals surface area (Å²) < 4.78 is 0.858. The maximum absolute atomic E-state index is 4.50. The summed E-state index contributed by atoms with van der Waals surface area (Å²) in [4.78, 5) is 0. The van der Waals surface area contributed by atoms with Crippen LogP contribution in [0.15, 0.2) is 22.3 Å². The van der Waals surface area contributed by atoms with Crippen molar-refractivity contribution in [3.05, 3.63) is 22.3 Å². The van der Waals surface area contributed by atoms with E-state index >= 15 is 0 Å². The molecular formula is C22H22Br2. The average molecular weight is 446 g/mol. The van der Waals surface area contributed by atoms with Crippen molar-refractivity contribution < 1.29 is 0 Å². The Labute approximate surface area is 160 Å². The summed E-state index contributed by atoms with van der Waals surface area (Å²) in [6.07, 6.45) is 9.11. The first kappa shape index (κ1) is 12.8. The van der Waals surface area contributed by atoms with Gasteiger partial charge in [-0.05, 0) is 109 Å². The van der Waals surface area contributed by atoms with Crippen LogP contribution in [-0.4, -0.2) is 8.65 Å². The molecule has 0 aromatic heterocycles. The van der Waals surface area contributed by atoms with Gasteiger partial charge in [0.2, 0.25) is 0 Å². The van der Waals surface area contributed by atoms with Crippen molar-refractivity contribution in [1.82, 2.24) is 0 Å². The number of allylic oxidation sites excluding steroid dienone is 4. The molecule has 0 saturated heterocycles. The number of halogens is 2. The molecule has 0 aliphatic heterocycles. The van der Waals surface area contributed by atoms with Crippen molar-refractivity contribution in [1.29, 1.82) is 0 Å². The minimum atomic E-state index is 0.429. The number of hydrogen-bond acceptors (Lipinski definition) is 0. The first-order chi connectivity index (χ1) is 11.6. The highest BCUT2D eigenvalue weighted by Gasteiger charge is 2.82. The van der Waals surface area contributed by atoms with Gasteiger partial charge >= 0.3 is 0 Å². The van der Waals surface area contributed by atoms with Crippen LogP contribution in [0.5, 0.6) is 0 Å². The molecule has 4 saturated carbocycles. The second-order valence-corrected chi connectivity index (χ2v) is 13.7. The number of hydrogen-bond donors (Lipinski definition) is 0. The molecule has 124 valence electrons. The summed E-state index contributed by atoms with van der Waals surface area (Å²) in [6, 6.07) is 0. The first-order valence-electron chi connectivity index (χ1n) is 10.5. The van der Waals surface area contributed by atoms with Crippen molar-refractivity contribution in [2.24, 2.45) is 59.2 Å². The third kappa shape index (κ3) is 0.877. The lowest BCUT2D eigenvalue weighted by Crippen LogP contribution is -2.58. The molecule has 4 fully saturated rings. The minimum absolute atomic E-state index is 0.429. The molecule has 4 bridgehead atoms. The zero-order chi connectivity index (χ0) is 15.3. The molecule has 0 spiro atoms. The molecule has 10 aliphatic rings. The van der Waals surface area contributed by atoms with Crippen molar-refractivity contribution in [2.45, 2.75) is 47.2 Å². The number of fused-ring (bicyclic) bond motifs is 2. The van der Waals surface area contributed by atoms with Gasteiger partial charge in [-0.15, -0.1) is 0 Å². The highest BCUT2D eigenvalue weighted by Crippen LogP contribution is 2.87. The molecule has 0 amide bonds. The average Bonchev–Trinajstić information content (AvgIpc) is 3.23. The van der Waals surface area contributed by atoms with Crippen LogP contribution >= 0.6 is 31.9 Å². The van der Waals surface area contributed by atoms with Crippen LogP contribution < -0.4 is 0 Å². The Morgan fingerprint density at radius 3 is 1.46 bits per heavy atom. The van der Waals surface area contributed by atoms with E-state index in [1.165, 1.54) is 25.7 Å². The Bertz CT molecular complexity index is 782. The standard InChI is InChI=1S/C22H22Br2/c23-21-6-12-16-8-2-4-10-13-7-1-3-9(14(8)13)17(21)15(7)11-5-22(24,18(10)16)20(12)19(11)21/h7-14,19-20H,1-6H2/t7-,8-,9+,10+,11+,12+,13+,14+,19-,20+,21+,22+/m0/s1.